The van der Waals surface area contributed by atoms with Crippen molar-refractivity contribution < 1.29 is 9.53 Å². The number of ether oxygens (including phenoxy) is 1. The third kappa shape index (κ3) is 4.01. The van der Waals surface area contributed by atoms with Crippen LogP contribution in [0.4, 0.5) is 0 Å². The van der Waals surface area contributed by atoms with Crippen molar-refractivity contribution in [2.24, 2.45) is 0 Å². The van der Waals surface area contributed by atoms with Gasteiger partial charge >= 0.3 is 0 Å². The summed E-state index contributed by atoms with van der Waals surface area (Å²) in [5, 5.41) is 7.39. The Labute approximate surface area is 189 Å². The van der Waals surface area contributed by atoms with Crippen LogP contribution in [0.15, 0.2) is 36.4 Å². The second kappa shape index (κ2) is 8.77. The normalized spacial score (nSPS) is 16.2. The van der Waals surface area contributed by atoms with Gasteiger partial charge in [0, 0.05) is 48.1 Å². The third-order valence-corrected chi connectivity index (χ3v) is 6.83. The molecule has 0 spiro atoms. The molecular formula is C26H30N4O2. The second-order valence-electron chi connectivity index (χ2n) is 8.98. The predicted octanol–water partition coefficient (Wildman–Crippen LogP) is 4.22. The first kappa shape index (κ1) is 20.7. The lowest BCUT2D eigenvalue weighted by atomic mass is 9.91. The van der Waals surface area contributed by atoms with Crippen molar-refractivity contribution in [2.75, 3.05) is 20.2 Å². The van der Waals surface area contributed by atoms with Gasteiger partial charge in [-0.2, -0.15) is 5.10 Å². The molecule has 0 radical (unpaired) electrons. The summed E-state index contributed by atoms with van der Waals surface area (Å²) in [6.45, 7) is 3.57. The zero-order chi connectivity index (χ0) is 22.1. The molecule has 2 aliphatic rings. The minimum atomic E-state index is 0.0805. The zero-order valence-corrected chi connectivity index (χ0v) is 18.9. The molecule has 1 fully saturated rings. The number of likely N-dealkylation sites (tertiary alicyclic amines) is 1. The highest BCUT2D eigenvalue weighted by Crippen LogP contribution is 2.31. The van der Waals surface area contributed by atoms with E-state index in [0.29, 0.717) is 11.6 Å². The summed E-state index contributed by atoms with van der Waals surface area (Å²) in [5.41, 5.74) is 7.54. The van der Waals surface area contributed by atoms with Crippen molar-refractivity contribution in [1.29, 1.82) is 0 Å². The van der Waals surface area contributed by atoms with Gasteiger partial charge in [-0.1, -0.05) is 18.2 Å². The number of aryl methyl sites for hydroxylation is 2. The quantitative estimate of drug-likeness (QED) is 0.658. The molecule has 2 aromatic heterocycles. The number of fused-ring (bicyclic) bond motifs is 1. The smallest absolute Gasteiger partial charge is 0.274 e. The fraction of sp³-hybridized carbons (Fsp3) is 0.423. The largest absolute Gasteiger partial charge is 0.496 e. The van der Waals surface area contributed by atoms with E-state index in [1.54, 1.807) is 7.11 Å². The summed E-state index contributed by atoms with van der Waals surface area (Å²) in [6, 6.07) is 12.6. The van der Waals surface area contributed by atoms with E-state index < -0.39 is 0 Å². The van der Waals surface area contributed by atoms with Crippen LogP contribution in [0, 0.1) is 6.92 Å². The average molecular weight is 431 g/mol. The van der Waals surface area contributed by atoms with Crippen LogP contribution in [0.25, 0.3) is 0 Å². The first-order valence-electron chi connectivity index (χ1n) is 11.6. The van der Waals surface area contributed by atoms with Crippen molar-refractivity contribution in [3.63, 3.8) is 0 Å². The van der Waals surface area contributed by atoms with E-state index in [2.05, 4.69) is 35.3 Å². The van der Waals surface area contributed by atoms with Crippen LogP contribution < -0.4 is 4.74 Å². The van der Waals surface area contributed by atoms with E-state index in [1.807, 2.05) is 23.1 Å². The molecule has 32 heavy (non-hydrogen) atoms. The Balaban J connectivity index is 1.28. The summed E-state index contributed by atoms with van der Waals surface area (Å²) in [6.07, 6.45) is 5.77. The molecule has 1 aliphatic heterocycles. The Hall–Kier alpha value is -3.15. The van der Waals surface area contributed by atoms with E-state index in [0.717, 1.165) is 80.0 Å². The number of H-pyrrole nitrogens is 1. The predicted molar refractivity (Wildman–Crippen MR) is 123 cm³/mol. The van der Waals surface area contributed by atoms with Gasteiger partial charge in [0.05, 0.1) is 7.11 Å². The van der Waals surface area contributed by atoms with Gasteiger partial charge in [0.1, 0.15) is 5.75 Å². The fourth-order valence-electron chi connectivity index (χ4n) is 5.17. The number of carbonyl (C=O) groups is 1. The molecule has 1 aromatic carbocycles. The lowest BCUT2D eigenvalue weighted by Crippen LogP contribution is -2.38. The van der Waals surface area contributed by atoms with Gasteiger partial charge < -0.3 is 9.64 Å². The van der Waals surface area contributed by atoms with Crippen molar-refractivity contribution in [2.45, 2.75) is 51.4 Å². The Morgan fingerprint density at radius 1 is 1.19 bits per heavy atom. The molecule has 1 saturated heterocycles. The van der Waals surface area contributed by atoms with E-state index in [1.165, 1.54) is 11.1 Å². The van der Waals surface area contributed by atoms with Gasteiger partial charge in [0.2, 0.25) is 0 Å². The number of para-hydroxylation sites is 1. The maximum atomic E-state index is 13.1. The highest BCUT2D eigenvalue weighted by molar-refractivity contribution is 5.94. The number of nitrogens with zero attached hydrogens (tertiary/aromatic N) is 3. The molecule has 6 heteroatoms. The number of benzene rings is 1. The molecule has 3 aromatic rings. The highest BCUT2D eigenvalue weighted by atomic mass is 16.5. The fourth-order valence-corrected chi connectivity index (χ4v) is 5.17. The topological polar surface area (TPSA) is 71.1 Å². The Kier molecular flexibility index (Phi) is 5.68. The van der Waals surface area contributed by atoms with Crippen LogP contribution in [0.2, 0.25) is 0 Å². The van der Waals surface area contributed by atoms with Gasteiger partial charge in [0.25, 0.3) is 5.91 Å². The Bertz CT molecular complexity index is 1130. The molecule has 0 saturated carbocycles. The number of pyridine rings is 1. The summed E-state index contributed by atoms with van der Waals surface area (Å²) < 4.78 is 5.53. The van der Waals surface area contributed by atoms with Crippen LogP contribution in [-0.4, -0.2) is 46.2 Å². The number of hydrogen-bond acceptors (Lipinski definition) is 4. The lowest BCUT2D eigenvalue weighted by Gasteiger charge is -2.31. The summed E-state index contributed by atoms with van der Waals surface area (Å²) in [4.78, 5) is 19.9. The first-order chi connectivity index (χ1) is 15.6. The van der Waals surface area contributed by atoms with Gasteiger partial charge in [-0.3, -0.25) is 14.9 Å². The maximum absolute atomic E-state index is 13.1. The molecule has 0 atom stereocenters. The van der Waals surface area contributed by atoms with Gasteiger partial charge in [-0.25, -0.2) is 0 Å². The van der Waals surface area contributed by atoms with E-state index in [4.69, 9.17) is 9.72 Å². The van der Waals surface area contributed by atoms with Crippen molar-refractivity contribution in [3.05, 3.63) is 75.9 Å². The molecule has 0 unspecified atom stereocenters. The van der Waals surface area contributed by atoms with E-state index in [9.17, 15) is 4.79 Å². The summed E-state index contributed by atoms with van der Waals surface area (Å²) >= 11 is 0. The number of aromatic amines is 1. The second-order valence-corrected chi connectivity index (χ2v) is 8.98. The SMILES string of the molecule is COc1ccccc1Cc1cc(C)nc(C2CCN(C(=O)c3n[nH]c4c3CCC4)CC2)c1. The number of nitrogens with one attached hydrogen (secondary N) is 1. The number of aromatic nitrogens is 3. The number of methoxy groups -OCH3 is 1. The van der Waals surface area contributed by atoms with Crippen LogP contribution in [0.3, 0.4) is 0 Å². The number of amides is 1. The molecule has 0 bridgehead atoms. The molecular weight excluding hydrogens is 400 g/mol. The molecule has 1 amide bonds. The monoisotopic (exact) mass is 430 g/mol. The first-order valence-corrected chi connectivity index (χ1v) is 11.6. The molecule has 1 aliphatic carbocycles. The minimum Gasteiger partial charge on any atom is -0.496 e. The molecule has 3 heterocycles. The lowest BCUT2D eigenvalue weighted by molar-refractivity contribution is 0.0705. The van der Waals surface area contributed by atoms with Crippen molar-refractivity contribution in [3.8, 4) is 5.75 Å². The van der Waals surface area contributed by atoms with E-state index >= 15 is 0 Å². The number of piperidine rings is 1. The van der Waals surface area contributed by atoms with Crippen LogP contribution >= 0.6 is 0 Å². The van der Waals surface area contributed by atoms with E-state index in [-0.39, 0.29) is 5.91 Å². The van der Waals surface area contributed by atoms with Crippen molar-refractivity contribution >= 4 is 5.91 Å². The zero-order valence-electron chi connectivity index (χ0n) is 18.9. The van der Waals surface area contributed by atoms with Gasteiger partial charge in [0.15, 0.2) is 5.69 Å². The number of rotatable bonds is 5. The standard InChI is InChI=1S/C26H30N4O2/c1-17-14-18(15-20-6-3-4-9-24(20)32-2)16-23(27-17)19-10-12-30(13-11-19)26(31)25-21-7-5-8-22(21)28-29-25/h3-4,6,9,14,16,19H,5,7-8,10-13,15H2,1-2H3,(H,28,29). The van der Waals surface area contributed by atoms with Gasteiger partial charge in [-0.05, 0) is 68.4 Å². The molecule has 166 valence electrons. The minimum absolute atomic E-state index is 0.0805. The molecule has 1 N–H and O–H groups in total. The summed E-state index contributed by atoms with van der Waals surface area (Å²) in [7, 11) is 1.72. The maximum Gasteiger partial charge on any atom is 0.274 e. The average Bonchev–Trinajstić information content (AvgIpc) is 3.43. The number of carbonyl (C=O) groups excluding carboxylic acids is 1. The van der Waals surface area contributed by atoms with Crippen molar-refractivity contribution in [1.82, 2.24) is 20.1 Å². The highest BCUT2D eigenvalue weighted by Gasteiger charge is 2.30. The number of hydrogen-bond donors (Lipinski definition) is 1. The van der Waals surface area contributed by atoms with Crippen LogP contribution in [-0.2, 0) is 19.3 Å². The third-order valence-electron chi connectivity index (χ3n) is 6.83. The summed E-state index contributed by atoms with van der Waals surface area (Å²) in [5.74, 6) is 1.37. The molecule has 6 nitrogen and oxygen atoms in total. The van der Waals surface area contributed by atoms with Crippen LogP contribution in [0.1, 0.15) is 69.4 Å². The van der Waals surface area contributed by atoms with Crippen LogP contribution in [0.5, 0.6) is 5.75 Å². The Morgan fingerprint density at radius 2 is 2.00 bits per heavy atom. The molecule has 5 rings (SSSR count). The van der Waals surface area contributed by atoms with Gasteiger partial charge in [-0.15, -0.1) is 0 Å². The Morgan fingerprint density at radius 3 is 2.81 bits per heavy atom.